The molecule has 0 saturated heterocycles. The van der Waals surface area contributed by atoms with Crippen LogP contribution in [0.25, 0.3) is 0 Å². The molecule has 0 spiro atoms. The molecule has 0 heterocycles. The molecule has 0 aliphatic rings. The second kappa shape index (κ2) is 4.45. The average Bonchev–Trinajstić information content (AvgIpc) is 2.28. The number of nitrogens with zero attached hydrogens (tertiary/aromatic N) is 1. The lowest BCUT2D eigenvalue weighted by molar-refractivity contribution is -0.387. The third kappa shape index (κ3) is 2.28. The van der Waals surface area contributed by atoms with Crippen LogP contribution in [0.4, 0.5) is 5.69 Å². The molecule has 1 rings (SSSR count). The molecule has 0 radical (unpaired) electrons. The average molecular weight is 246 g/mol. The second-order valence-corrected chi connectivity index (χ2v) is 4.65. The quantitative estimate of drug-likeness (QED) is 0.616. The standard InChI is InChI=1S/C8H10N2O5S/c1-9-16(13,14)8-4-3-6(15-2)5-7(8)10(11)12/h3-5,9H,1-2H3. The van der Waals surface area contributed by atoms with Crippen LogP contribution < -0.4 is 9.46 Å². The molecule has 16 heavy (non-hydrogen) atoms. The summed E-state index contributed by atoms with van der Waals surface area (Å²) in [5.41, 5.74) is -0.520. The van der Waals surface area contributed by atoms with Gasteiger partial charge >= 0.3 is 0 Å². The summed E-state index contributed by atoms with van der Waals surface area (Å²) < 4.78 is 29.7. The Morgan fingerprint density at radius 1 is 1.44 bits per heavy atom. The molecule has 0 saturated carbocycles. The normalized spacial score (nSPS) is 11.1. The van der Waals surface area contributed by atoms with Gasteiger partial charge in [-0.1, -0.05) is 0 Å². The summed E-state index contributed by atoms with van der Waals surface area (Å²) in [5.74, 6) is 0.224. The third-order valence-corrected chi connectivity index (χ3v) is 3.38. The fraction of sp³-hybridized carbons (Fsp3) is 0.250. The van der Waals surface area contributed by atoms with Crippen LogP contribution in [0.2, 0.25) is 0 Å². The van der Waals surface area contributed by atoms with Gasteiger partial charge in [0.25, 0.3) is 5.69 Å². The predicted octanol–water partition coefficient (Wildman–Crippen LogP) is 0.511. The highest BCUT2D eigenvalue weighted by Crippen LogP contribution is 2.27. The van der Waals surface area contributed by atoms with Gasteiger partial charge in [0, 0.05) is 0 Å². The van der Waals surface area contributed by atoms with Crippen LogP contribution in [0.15, 0.2) is 23.1 Å². The second-order valence-electron chi connectivity index (χ2n) is 2.80. The number of sulfonamides is 1. The monoisotopic (exact) mass is 246 g/mol. The summed E-state index contributed by atoms with van der Waals surface area (Å²) in [7, 11) is -1.32. The Kier molecular flexibility index (Phi) is 3.45. The van der Waals surface area contributed by atoms with Crippen LogP contribution >= 0.6 is 0 Å². The van der Waals surface area contributed by atoms with E-state index in [0.29, 0.717) is 0 Å². The minimum atomic E-state index is -3.85. The van der Waals surface area contributed by atoms with Gasteiger partial charge in [-0.15, -0.1) is 0 Å². The Morgan fingerprint density at radius 3 is 2.50 bits per heavy atom. The zero-order valence-corrected chi connectivity index (χ0v) is 9.45. The number of nitro groups is 1. The summed E-state index contributed by atoms with van der Waals surface area (Å²) in [6, 6.07) is 3.53. The molecule has 0 aromatic heterocycles. The van der Waals surface area contributed by atoms with E-state index in [-0.39, 0.29) is 10.6 Å². The molecule has 0 amide bonds. The first-order valence-electron chi connectivity index (χ1n) is 4.18. The van der Waals surface area contributed by atoms with Crippen LogP contribution in [0.5, 0.6) is 5.75 Å². The molecule has 0 bridgehead atoms. The largest absolute Gasteiger partial charge is 0.497 e. The minimum absolute atomic E-state index is 0.224. The maximum absolute atomic E-state index is 11.5. The Morgan fingerprint density at radius 2 is 2.06 bits per heavy atom. The van der Waals surface area contributed by atoms with Gasteiger partial charge in [-0.05, 0) is 19.2 Å². The van der Waals surface area contributed by atoms with Crippen molar-refractivity contribution in [2.24, 2.45) is 0 Å². The molecule has 0 unspecified atom stereocenters. The molecular formula is C8H10N2O5S. The highest BCUT2D eigenvalue weighted by Gasteiger charge is 2.24. The number of rotatable bonds is 4. The van der Waals surface area contributed by atoms with Gasteiger partial charge in [0.15, 0.2) is 4.90 Å². The number of methoxy groups -OCH3 is 1. The van der Waals surface area contributed by atoms with Gasteiger partial charge in [0.05, 0.1) is 18.1 Å². The van der Waals surface area contributed by atoms with Gasteiger partial charge < -0.3 is 4.74 Å². The Balaban J connectivity index is 3.46. The van der Waals surface area contributed by atoms with E-state index in [0.717, 1.165) is 12.1 Å². The van der Waals surface area contributed by atoms with E-state index in [4.69, 9.17) is 4.74 Å². The summed E-state index contributed by atoms with van der Waals surface area (Å²) in [6.07, 6.45) is 0. The van der Waals surface area contributed by atoms with Gasteiger partial charge in [-0.25, -0.2) is 13.1 Å². The lowest BCUT2D eigenvalue weighted by atomic mass is 10.3. The maximum Gasteiger partial charge on any atom is 0.293 e. The summed E-state index contributed by atoms with van der Waals surface area (Å²) in [4.78, 5) is 9.55. The molecule has 88 valence electrons. The Bertz CT molecular complexity index is 511. The predicted molar refractivity (Wildman–Crippen MR) is 55.9 cm³/mol. The zero-order chi connectivity index (χ0) is 12.3. The van der Waals surface area contributed by atoms with Gasteiger partial charge in [-0.2, -0.15) is 0 Å². The molecule has 1 aromatic rings. The Hall–Kier alpha value is -1.67. The van der Waals surface area contributed by atoms with E-state index in [1.807, 2.05) is 4.72 Å². The zero-order valence-electron chi connectivity index (χ0n) is 8.63. The van der Waals surface area contributed by atoms with Crippen LogP contribution in [0.1, 0.15) is 0 Å². The van der Waals surface area contributed by atoms with E-state index in [2.05, 4.69) is 0 Å². The number of ether oxygens (including phenoxy) is 1. The minimum Gasteiger partial charge on any atom is -0.497 e. The fourth-order valence-electron chi connectivity index (χ4n) is 1.10. The molecule has 8 heteroatoms. The topological polar surface area (TPSA) is 98.5 Å². The Labute approximate surface area is 92.2 Å². The van der Waals surface area contributed by atoms with Crippen molar-refractivity contribution in [3.8, 4) is 5.75 Å². The maximum atomic E-state index is 11.5. The summed E-state index contributed by atoms with van der Waals surface area (Å²) in [6.45, 7) is 0. The molecule has 0 aliphatic carbocycles. The van der Waals surface area contributed by atoms with Crippen LogP contribution in [-0.4, -0.2) is 27.5 Å². The molecule has 1 N–H and O–H groups in total. The van der Waals surface area contributed by atoms with Crippen LogP contribution in [-0.2, 0) is 10.0 Å². The summed E-state index contributed by atoms with van der Waals surface area (Å²) in [5, 5.41) is 10.7. The van der Waals surface area contributed by atoms with E-state index in [1.165, 1.54) is 20.2 Å². The lowest BCUT2D eigenvalue weighted by Gasteiger charge is -2.05. The van der Waals surface area contributed by atoms with Crippen molar-refractivity contribution < 1.29 is 18.1 Å². The van der Waals surface area contributed by atoms with Gasteiger partial charge in [0.1, 0.15) is 5.75 Å². The van der Waals surface area contributed by atoms with Crippen LogP contribution in [0.3, 0.4) is 0 Å². The number of nitro benzene ring substituents is 1. The number of benzene rings is 1. The summed E-state index contributed by atoms with van der Waals surface area (Å²) >= 11 is 0. The number of nitrogens with one attached hydrogen (secondary N) is 1. The molecular weight excluding hydrogens is 236 g/mol. The van der Waals surface area contributed by atoms with Crippen molar-refractivity contribution in [1.29, 1.82) is 0 Å². The van der Waals surface area contributed by atoms with Crippen molar-refractivity contribution in [2.45, 2.75) is 4.90 Å². The molecule has 1 aromatic carbocycles. The van der Waals surface area contributed by atoms with Gasteiger partial charge in [-0.3, -0.25) is 10.1 Å². The third-order valence-electron chi connectivity index (χ3n) is 1.92. The number of hydrogen-bond acceptors (Lipinski definition) is 5. The van der Waals surface area contributed by atoms with Crippen molar-refractivity contribution in [3.05, 3.63) is 28.3 Å². The van der Waals surface area contributed by atoms with Gasteiger partial charge in [0.2, 0.25) is 10.0 Å². The molecule has 7 nitrogen and oxygen atoms in total. The van der Waals surface area contributed by atoms with E-state index in [9.17, 15) is 18.5 Å². The number of hydrogen-bond donors (Lipinski definition) is 1. The first kappa shape index (κ1) is 12.4. The smallest absolute Gasteiger partial charge is 0.293 e. The van der Waals surface area contributed by atoms with E-state index >= 15 is 0 Å². The molecule has 0 atom stereocenters. The molecule has 0 aliphatic heterocycles. The highest BCUT2D eigenvalue weighted by atomic mass is 32.2. The van der Waals surface area contributed by atoms with Crippen molar-refractivity contribution in [1.82, 2.24) is 4.72 Å². The van der Waals surface area contributed by atoms with E-state index in [1.54, 1.807) is 0 Å². The fourth-order valence-corrected chi connectivity index (χ4v) is 1.98. The molecule has 0 fully saturated rings. The highest BCUT2D eigenvalue weighted by molar-refractivity contribution is 7.89. The first-order valence-corrected chi connectivity index (χ1v) is 5.66. The van der Waals surface area contributed by atoms with Crippen molar-refractivity contribution >= 4 is 15.7 Å². The van der Waals surface area contributed by atoms with E-state index < -0.39 is 20.6 Å². The van der Waals surface area contributed by atoms with Crippen molar-refractivity contribution in [2.75, 3.05) is 14.2 Å². The van der Waals surface area contributed by atoms with Crippen molar-refractivity contribution in [3.63, 3.8) is 0 Å². The lowest BCUT2D eigenvalue weighted by Crippen LogP contribution is -2.19. The van der Waals surface area contributed by atoms with Crippen LogP contribution in [0, 0.1) is 10.1 Å². The SMILES string of the molecule is CNS(=O)(=O)c1ccc(OC)cc1[N+](=O)[O-]. The first-order chi connectivity index (χ1) is 7.42.